The van der Waals surface area contributed by atoms with Crippen molar-refractivity contribution in [2.45, 2.75) is 57.6 Å². The quantitative estimate of drug-likeness (QED) is 0.641. The average molecular weight is 405 g/mol. The van der Waals surface area contributed by atoms with Crippen molar-refractivity contribution in [3.05, 3.63) is 54.2 Å². The maximum absolute atomic E-state index is 12.7. The lowest BCUT2D eigenvalue weighted by Gasteiger charge is -2.32. The lowest BCUT2D eigenvalue weighted by Crippen LogP contribution is -2.42. The lowest BCUT2D eigenvalue weighted by molar-refractivity contribution is 0.0592. The SMILES string of the molecule is Cc1cnc(C(=O)N2CCC(Oc3cccc4c3ccn4C3CCCC3)CC2)cn1. The number of benzene rings is 1. The van der Waals surface area contributed by atoms with Crippen LogP contribution < -0.4 is 4.74 Å². The second kappa shape index (κ2) is 8.09. The lowest BCUT2D eigenvalue weighted by atomic mass is 10.1. The number of ether oxygens (including phenoxy) is 1. The topological polar surface area (TPSA) is 60.3 Å². The number of nitrogens with zero attached hydrogens (tertiary/aromatic N) is 4. The summed E-state index contributed by atoms with van der Waals surface area (Å²) in [7, 11) is 0. The van der Waals surface area contributed by atoms with Crippen molar-refractivity contribution in [2.75, 3.05) is 13.1 Å². The third-order valence-corrected chi connectivity index (χ3v) is 6.46. The molecule has 2 aromatic heterocycles. The highest BCUT2D eigenvalue weighted by atomic mass is 16.5. The summed E-state index contributed by atoms with van der Waals surface area (Å²) in [6.07, 6.45) is 12.4. The van der Waals surface area contributed by atoms with Gasteiger partial charge < -0.3 is 14.2 Å². The van der Waals surface area contributed by atoms with Crippen molar-refractivity contribution in [1.29, 1.82) is 0 Å². The van der Waals surface area contributed by atoms with Gasteiger partial charge in [-0.1, -0.05) is 18.9 Å². The molecular formula is C24H28N4O2. The first-order valence-corrected chi connectivity index (χ1v) is 11.0. The van der Waals surface area contributed by atoms with Gasteiger partial charge in [-0.05, 0) is 38.0 Å². The van der Waals surface area contributed by atoms with Gasteiger partial charge in [0, 0.05) is 49.8 Å². The summed E-state index contributed by atoms with van der Waals surface area (Å²) < 4.78 is 8.84. The van der Waals surface area contributed by atoms with Gasteiger partial charge in [-0.2, -0.15) is 0 Å². The Labute approximate surface area is 176 Å². The van der Waals surface area contributed by atoms with E-state index >= 15 is 0 Å². The summed E-state index contributed by atoms with van der Waals surface area (Å²) in [4.78, 5) is 22.9. The van der Waals surface area contributed by atoms with Crippen LogP contribution in [0.1, 0.15) is 60.7 Å². The molecule has 1 saturated heterocycles. The van der Waals surface area contributed by atoms with E-state index in [-0.39, 0.29) is 12.0 Å². The normalized spacial score (nSPS) is 18.2. The summed E-state index contributed by atoms with van der Waals surface area (Å²) in [5.41, 5.74) is 2.50. The Morgan fingerprint density at radius 3 is 2.57 bits per heavy atom. The molecule has 0 N–H and O–H groups in total. The molecule has 30 heavy (non-hydrogen) atoms. The van der Waals surface area contributed by atoms with Crippen LogP contribution in [-0.2, 0) is 0 Å². The minimum absolute atomic E-state index is 0.0447. The maximum atomic E-state index is 12.7. The van der Waals surface area contributed by atoms with Crippen molar-refractivity contribution in [3.63, 3.8) is 0 Å². The van der Waals surface area contributed by atoms with E-state index in [4.69, 9.17) is 4.74 Å². The molecule has 0 bridgehead atoms. The summed E-state index contributed by atoms with van der Waals surface area (Å²) in [5.74, 6) is 0.912. The summed E-state index contributed by atoms with van der Waals surface area (Å²) in [6, 6.07) is 9.18. The van der Waals surface area contributed by atoms with Crippen LogP contribution in [0.5, 0.6) is 5.75 Å². The first-order valence-electron chi connectivity index (χ1n) is 11.0. The highest BCUT2D eigenvalue weighted by molar-refractivity contribution is 5.92. The van der Waals surface area contributed by atoms with Crippen LogP contribution in [0, 0.1) is 6.92 Å². The third kappa shape index (κ3) is 3.66. The smallest absolute Gasteiger partial charge is 0.274 e. The van der Waals surface area contributed by atoms with Gasteiger partial charge in [-0.3, -0.25) is 9.78 Å². The zero-order valence-electron chi connectivity index (χ0n) is 17.5. The molecule has 0 spiro atoms. The molecule has 1 amide bonds. The van der Waals surface area contributed by atoms with Gasteiger partial charge in [0.05, 0.1) is 17.4 Å². The molecule has 6 heteroatoms. The third-order valence-electron chi connectivity index (χ3n) is 6.46. The molecule has 0 unspecified atom stereocenters. The van der Waals surface area contributed by atoms with E-state index in [1.54, 1.807) is 12.4 Å². The molecule has 5 rings (SSSR count). The van der Waals surface area contributed by atoms with E-state index in [0.29, 0.717) is 24.8 Å². The van der Waals surface area contributed by atoms with Crippen molar-refractivity contribution in [1.82, 2.24) is 19.4 Å². The number of aromatic nitrogens is 3. The molecule has 3 aromatic rings. The van der Waals surface area contributed by atoms with Crippen LogP contribution >= 0.6 is 0 Å². The largest absolute Gasteiger partial charge is 0.490 e. The molecule has 3 heterocycles. The van der Waals surface area contributed by atoms with Crippen LogP contribution in [-0.4, -0.2) is 44.5 Å². The van der Waals surface area contributed by atoms with Crippen LogP contribution in [0.4, 0.5) is 0 Å². The van der Waals surface area contributed by atoms with Gasteiger partial charge in [0.2, 0.25) is 0 Å². The van der Waals surface area contributed by atoms with Gasteiger partial charge in [0.15, 0.2) is 0 Å². The fraction of sp³-hybridized carbons (Fsp3) is 0.458. The second-order valence-electron chi connectivity index (χ2n) is 8.50. The minimum Gasteiger partial charge on any atom is -0.490 e. The van der Waals surface area contributed by atoms with Crippen molar-refractivity contribution in [3.8, 4) is 5.75 Å². The number of aryl methyl sites for hydroxylation is 1. The molecule has 1 aromatic carbocycles. The van der Waals surface area contributed by atoms with E-state index in [2.05, 4.69) is 45.0 Å². The Bertz CT molecular complexity index is 1030. The highest BCUT2D eigenvalue weighted by Gasteiger charge is 2.26. The fourth-order valence-corrected chi connectivity index (χ4v) is 4.79. The average Bonchev–Trinajstić information content (AvgIpc) is 3.44. The van der Waals surface area contributed by atoms with Gasteiger partial charge in [-0.15, -0.1) is 0 Å². The molecule has 1 aliphatic heterocycles. The molecule has 6 nitrogen and oxygen atoms in total. The Morgan fingerprint density at radius 2 is 1.83 bits per heavy atom. The first kappa shape index (κ1) is 19.1. The number of carbonyl (C=O) groups is 1. The molecule has 2 fully saturated rings. The molecule has 1 aliphatic carbocycles. The van der Waals surface area contributed by atoms with Crippen molar-refractivity contribution < 1.29 is 9.53 Å². The molecule has 0 radical (unpaired) electrons. The molecule has 156 valence electrons. The van der Waals surface area contributed by atoms with Gasteiger partial charge in [0.1, 0.15) is 17.5 Å². The number of likely N-dealkylation sites (tertiary alicyclic amines) is 1. The fourth-order valence-electron chi connectivity index (χ4n) is 4.79. The zero-order valence-corrected chi connectivity index (χ0v) is 17.5. The predicted molar refractivity (Wildman–Crippen MR) is 116 cm³/mol. The monoisotopic (exact) mass is 404 g/mol. The van der Waals surface area contributed by atoms with Crippen molar-refractivity contribution in [2.24, 2.45) is 0 Å². The van der Waals surface area contributed by atoms with Crippen molar-refractivity contribution >= 4 is 16.8 Å². The van der Waals surface area contributed by atoms with Gasteiger partial charge >= 0.3 is 0 Å². The number of piperidine rings is 1. The number of hydrogen-bond donors (Lipinski definition) is 0. The van der Waals surface area contributed by atoms with E-state index in [1.165, 1.54) is 36.6 Å². The Kier molecular flexibility index (Phi) is 5.15. The van der Waals surface area contributed by atoms with Gasteiger partial charge in [-0.25, -0.2) is 4.98 Å². The molecule has 1 saturated carbocycles. The highest BCUT2D eigenvalue weighted by Crippen LogP contribution is 2.36. The van der Waals surface area contributed by atoms with Crippen LogP contribution in [0.3, 0.4) is 0 Å². The number of amides is 1. The standard InChI is InChI=1S/C24H28N4O2/c1-17-15-26-21(16-25-17)24(29)27-12-9-19(10-13-27)30-23-8-4-7-22-20(23)11-14-28(22)18-5-2-3-6-18/h4,7-8,11,14-16,18-19H,2-3,5-6,9-10,12-13H2,1H3. The number of hydrogen-bond acceptors (Lipinski definition) is 4. The predicted octanol–water partition coefficient (Wildman–Crippen LogP) is 4.54. The summed E-state index contributed by atoms with van der Waals surface area (Å²) in [5, 5.41) is 1.19. The number of carbonyl (C=O) groups excluding carboxylic acids is 1. The molecule has 2 aliphatic rings. The van der Waals surface area contributed by atoms with E-state index in [0.717, 1.165) is 24.3 Å². The van der Waals surface area contributed by atoms with Crippen LogP contribution in [0.2, 0.25) is 0 Å². The minimum atomic E-state index is -0.0447. The van der Waals surface area contributed by atoms with Crippen LogP contribution in [0.15, 0.2) is 42.9 Å². The summed E-state index contributed by atoms with van der Waals surface area (Å²) in [6.45, 7) is 3.23. The second-order valence-corrected chi connectivity index (χ2v) is 8.50. The number of fused-ring (bicyclic) bond motifs is 1. The Balaban J connectivity index is 1.25. The van der Waals surface area contributed by atoms with Gasteiger partial charge in [0.25, 0.3) is 5.91 Å². The van der Waals surface area contributed by atoms with E-state index < -0.39 is 0 Å². The number of rotatable bonds is 4. The molecule has 0 atom stereocenters. The zero-order chi connectivity index (χ0) is 20.5. The summed E-state index contributed by atoms with van der Waals surface area (Å²) >= 11 is 0. The Hall–Kier alpha value is -2.89. The van der Waals surface area contributed by atoms with Crippen LogP contribution in [0.25, 0.3) is 10.9 Å². The maximum Gasteiger partial charge on any atom is 0.274 e. The Morgan fingerprint density at radius 1 is 1.03 bits per heavy atom. The van der Waals surface area contributed by atoms with E-state index in [1.807, 2.05) is 11.8 Å². The molecular weight excluding hydrogens is 376 g/mol. The first-order chi connectivity index (χ1) is 14.7. The van der Waals surface area contributed by atoms with E-state index in [9.17, 15) is 4.79 Å².